The van der Waals surface area contributed by atoms with E-state index in [0.29, 0.717) is 38.9 Å². The van der Waals surface area contributed by atoms with Gasteiger partial charge in [-0.1, -0.05) is 48.5 Å². The Bertz CT molecular complexity index is 936. The average molecular weight is 407 g/mol. The summed E-state index contributed by atoms with van der Waals surface area (Å²) in [6.07, 6.45) is 1.92. The molecule has 1 spiro atoms. The molecule has 2 aromatic rings. The van der Waals surface area contributed by atoms with Crippen molar-refractivity contribution in [1.29, 1.82) is 0 Å². The van der Waals surface area contributed by atoms with Gasteiger partial charge in [0.25, 0.3) is 0 Å². The zero-order valence-corrected chi connectivity index (χ0v) is 16.8. The summed E-state index contributed by atoms with van der Waals surface area (Å²) in [4.78, 5) is 26.6. The van der Waals surface area contributed by atoms with Crippen LogP contribution in [0.25, 0.3) is 11.1 Å². The summed E-state index contributed by atoms with van der Waals surface area (Å²) >= 11 is 0. The van der Waals surface area contributed by atoms with Crippen LogP contribution < -0.4 is 0 Å². The topological polar surface area (TPSA) is 76.1 Å². The van der Waals surface area contributed by atoms with Gasteiger partial charge in [0.15, 0.2) is 0 Å². The molecule has 3 aliphatic rings. The van der Waals surface area contributed by atoms with Crippen LogP contribution in [-0.2, 0) is 14.3 Å². The standard InChI is InChI=1S/C24H25NO5/c26-22(27)21-9-10-24(11-13-29-14-12-24)25(21)23(28)30-15-20-18-7-3-1-5-16(18)17-6-2-4-8-19(17)20/h1-8,20-21H,9-15H2,(H,26,27). The molecule has 2 fully saturated rings. The van der Waals surface area contributed by atoms with Crippen molar-refractivity contribution in [2.45, 2.75) is 43.2 Å². The maximum absolute atomic E-state index is 13.2. The number of amides is 1. The molecule has 2 saturated heterocycles. The molecule has 2 aromatic carbocycles. The highest BCUT2D eigenvalue weighted by molar-refractivity contribution is 5.82. The molecule has 2 aliphatic heterocycles. The fourth-order valence-electron chi connectivity index (χ4n) is 5.45. The quantitative estimate of drug-likeness (QED) is 0.831. The molecule has 0 saturated carbocycles. The van der Waals surface area contributed by atoms with E-state index in [1.807, 2.05) is 24.3 Å². The highest BCUT2D eigenvalue weighted by Gasteiger charge is 2.52. The molecule has 1 aliphatic carbocycles. The molecule has 6 heteroatoms. The van der Waals surface area contributed by atoms with E-state index in [2.05, 4.69) is 24.3 Å². The van der Waals surface area contributed by atoms with Crippen molar-refractivity contribution >= 4 is 12.1 Å². The van der Waals surface area contributed by atoms with Gasteiger partial charge in [0.1, 0.15) is 12.6 Å². The monoisotopic (exact) mass is 407 g/mol. The van der Waals surface area contributed by atoms with Crippen LogP contribution in [-0.4, -0.2) is 53.5 Å². The molecular formula is C24H25NO5. The van der Waals surface area contributed by atoms with Gasteiger partial charge < -0.3 is 14.6 Å². The minimum Gasteiger partial charge on any atom is -0.480 e. The van der Waals surface area contributed by atoms with Crippen LogP contribution in [0.5, 0.6) is 0 Å². The molecule has 30 heavy (non-hydrogen) atoms. The average Bonchev–Trinajstić information content (AvgIpc) is 3.29. The van der Waals surface area contributed by atoms with E-state index < -0.39 is 23.6 Å². The van der Waals surface area contributed by atoms with Gasteiger partial charge in [-0.3, -0.25) is 4.90 Å². The number of carboxylic acids is 1. The molecule has 2 heterocycles. The van der Waals surface area contributed by atoms with E-state index >= 15 is 0 Å². The SMILES string of the molecule is O=C(O)C1CCC2(CCOCC2)N1C(=O)OCC1c2ccccc2-c2ccccc21. The number of fused-ring (bicyclic) bond motifs is 3. The first-order valence-corrected chi connectivity index (χ1v) is 10.6. The van der Waals surface area contributed by atoms with Crippen molar-refractivity contribution in [3.8, 4) is 11.1 Å². The summed E-state index contributed by atoms with van der Waals surface area (Å²) in [6, 6.07) is 15.5. The fourth-order valence-corrected chi connectivity index (χ4v) is 5.45. The van der Waals surface area contributed by atoms with Gasteiger partial charge in [-0.2, -0.15) is 0 Å². The molecular weight excluding hydrogens is 382 g/mol. The molecule has 1 unspecified atom stereocenters. The largest absolute Gasteiger partial charge is 0.480 e. The van der Waals surface area contributed by atoms with Crippen LogP contribution in [0.4, 0.5) is 4.79 Å². The van der Waals surface area contributed by atoms with Crippen LogP contribution in [0.2, 0.25) is 0 Å². The third-order valence-electron chi connectivity index (χ3n) is 6.95. The molecule has 0 bridgehead atoms. The van der Waals surface area contributed by atoms with Crippen LogP contribution in [0.3, 0.4) is 0 Å². The van der Waals surface area contributed by atoms with E-state index in [0.717, 1.165) is 11.1 Å². The third-order valence-corrected chi connectivity index (χ3v) is 6.95. The van der Waals surface area contributed by atoms with Gasteiger partial charge in [-0.05, 0) is 47.9 Å². The lowest BCUT2D eigenvalue weighted by atomic mass is 9.87. The molecule has 6 nitrogen and oxygen atoms in total. The second kappa shape index (κ2) is 7.43. The molecule has 1 N–H and O–H groups in total. The van der Waals surface area contributed by atoms with E-state index in [4.69, 9.17) is 9.47 Å². The van der Waals surface area contributed by atoms with E-state index in [1.165, 1.54) is 16.0 Å². The Morgan fingerprint density at radius 3 is 2.20 bits per heavy atom. The number of nitrogens with zero attached hydrogens (tertiary/aromatic N) is 1. The lowest BCUT2D eigenvalue weighted by Crippen LogP contribution is -2.55. The number of benzene rings is 2. The van der Waals surface area contributed by atoms with Crippen LogP contribution >= 0.6 is 0 Å². The highest BCUT2D eigenvalue weighted by atomic mass is 16.6. The summed E-state index contributed by atoms with van der Waals surface area (Å²) < 4.78 is 11.3. The summed E-state index contributed by atoms with van der Waals surface area (Å²) in [5, 5.41) is 9.71. The number of aliphatic carboxylic acids is 1. The normalized spacial score (nSPS) is 22.0. The number of carboxylic acid groups (broad SMARTS) is 1. The Morgan fingerprint density at radius 2 is 1.60 bits per heavy atom. The minimum atomic E-state index is -0.966. The predicted octanol–water partition coefficient (Wildman–Crippen LogP) is 4.03. The Hall–Kier alpha value is -2.86. The van der Waals surface area contributed by atoms with Gasteiger partial charge in [-0.15, -0.1) is 0 Å². The molecule has 5 rings (SSSR count). The summed E-state index contributed by atoms with van der Waals surface area (Å²) in [5.74, 6) is -1.01. The smallest absolute Gasteiger partial charge is 0.411 e. The summed E-state index contributed by atoms with van der Waals surface area (Å²) in [7, 11) is 0. The van der Waals surface area contributed by atoms with Gasteiger partial charge in [0, 0.05) is 19.1 Å². The lowest BCUT2D eigenvalue weighted by molar-refractivity contribution is -0.143. The van der Waals surface area contributed by atoms with Crippen LogP contribution in [0.1, 0.15) is 42.7 Å². The van der Waals surface area contributed by atoms with Gasteiger partial charge >= 0.3 is 12.1 Å². The Balaban J connectivity index is 1.39. The lowest BCUT2D eigenvalue weighted by Gasteiger charge is -2.42. The van der Waals surface area contributed by atoms with Crippen molar-refractivity contribution in [1.82, 2.24) is 4.90 Å². The number of hydrogen-bond acceptors (Lipinski definition) is 4. The maximum Gasteiger partial charge on any atom is 0.411 e. The predicted molar refractivity (Wildman–Crippen MR) is 110 cm³/mol. The first-order chi connectivity index (χ1) is 14.6. The Morgan fingerprint density at radius 1 is 1.00 bits per heavy atom. The van der Waals surface area contributed by atoms with Crippen molar-refractivity contribution in [2.24, 2.45) is 0 Å². The molecule has 1 amide bonds. The zero-order chi connectivity index (χ0) is 20.7. The van der Waals surface area contributed by atoms with Crippen LogP contribution in [0, 0.1) is 0 Å². The Labute approximate surface area is 175 Å². The van der Waals surface area contributed by atoms with E-state index in [9.17, 15) is 14.7 Å². The van der Waals surface area contributed by atoms with Crippen molar-refractivity contribution in [3.63, 3.8) is 0 Å². The second-order valence-electron chi connectivity index (χ2n) is 8.40. The maximum atomic E-state index is 13.2. The molecule has 1 atom stereocenters. The first kappa shape index (κ1) is 19.1. The van der Waals surface area contributed by atoms with E-state index in [1.54, 1.807) is 0 Å². The van der Waals surface area contributed by atoms with Crippen molar-refractivity contribution in [3.05, 3.63) is 59.7 Å². The summed E-state index contributed by atoms with van der Waals surface area (Å²) in [5.41, 5.74) is 4.15. The van der Waals surface area contributed by atoms with Crippen molar-refractivity contribution < 1.29 is 24.2 Å². The number of likely N-dealkylation sites (tertiary alicyclic amines) is 1. The number of hydrogen-bond donors (Lipinski definition) is 1. The number of carbonyl (C=O) groups excluding carboxylic acids is 1. The third kappa shape index (κ3) is 2.98. The second-order valence-corrected chi connectivity index (χ2v) is 8.40. The molecule has 0 aromatic heterocycles. The van der Waals surface area contributed by atoms with Gasteiger partial charge in [0.05, 0.1) is 5.54 Å². The van der Waals surface area contributed by atoms with E-state index in [-0.39, 0.29) is 12.5 Å². The molecule has 0 radical (unpaired) electrons. The number of rotatable bonds is 3. The van der Waals surface area contributed by atoms with Gasteiger partial charge in [0.2, 0.25) is 0 Å². The van der Waals surface area contributed by atoms with Crippen LogP contribution in [0.15, 0.2) is 48.5 Å². The Kier molecular flexibility index (Phi) is 4.74. The highest BCUT2D eigenvalue weighted by Crippen LogP contribution is 2.45. The number of ether oxygens (including phenoxy) is 2. The van der Waals surface area contributed by atoms with Crippen molar-refractivity contribution in [2.75, 3.05) is 19.8 Å². The van der Waals surface area contributed by atoms with Gasteiger partial charge in [-0.25, -0.2) is 9.59 Å². The fraction of sp³-hybridized carbons (Fsp3) is 0.417. The zero-order valence-electron chi connectivity index (χ0n) is 16.8. The number of carbonyl (C=O) groups is 2. The first-order valence-electron chi connectivity index (χ1n) is 10.6. The molecule has 156 valence electrons. The minimum absolute atomic E-state index is 0.0436. The summed E-state index contributed by atoms with van der Waals surface area (Å²) in [6.45, 7) is 1.28.